The van der Waals surface area contributed by atoms with Crippen LogP contribution in [0.25, 0.3) is 10.9 Å². The molecule has 3 rings (SSSR count). The fourth-order valence-corrected chi connectivity index (χ4v) is 2.75. The molecule has 118 valence electrons. The largest absolute Gasteiger partial charge is 0.464 e. The predicted molar refractivity (Wildman–Crippen MR) is 89.1 cm³/mol. The summed E-state index contributed by atoms with van der Waals surface area (Å²) in [5.41, 5.74) is 2.72. The van der Waals surface area contributed by atoms with Crippen LogP contribution in [0.5, 0.6) is 0 Å². The number of esters is 1. The van der Waals surface area contributed by atoms with Crippen molar-refractivity contribution in [3.63, 3.8) is 0 Å². The topological polar surface area (TPSA) is 51.5 Å². The molecule has 2 aromatic carbocycles. The zero-order valence-corrected chi connectivity index (χ0v) is 13.0. The van der Waals surface area contributed by atoms with Crippen molar-refractivity contribution < 1.29 is 14.6 Å². The Morgan fingerprint density at radius 1 is 1.13 bits per heavy atom. The zero-order valence-electron chi connectivity index (χ0n) is 13.0. The highest BCUT2D eigenvalue weighted by Crippen LogP contribution is 2.28. The van der Waals surface area contributed by atoms with Gasteiger partial charge in [-0.15, -0.1) is 0 Å². The number of nitrogens with zero attached hydrogens (tertiary/aromatic N) is 1. The Kier molecular flexibility index (Phi) is 4.44. The second-order valence-electron chi connectivity index (χ2n) is 5.37. The molecule has 0 saturated heterocycles. The Balaban J connectivity index is 2.01. The molecule has 0 radical (unpaired) electrons. The number of fused-ring (bicyclic) bond motifs is 1. The third kappa shape index (κ3) is 3.12. The molecular formula is C19H19NO3. The molecule has 1 aromatic heterocycles. The summed E-state index contributed by atoms with van der Waals surface area (Å²) in [6.07, 6.45) is 0.566. The minimum atomic E-state index is -1.27. The molecule has 1 N–H and O–H groups in total. The van der Waals surface area contributed by atoms with Gasteiger partial charge >= 0.3 is 5.97 Å². The van der Waals surface area contributed by atoms with Crippen LogP contribution in [0.15, 0.2) is 60.8 Å². The quantitative estimate of drug-likeness (QED) is 0.736. The maximum absolute atomic E-state index is 11.9. The van der Waals surface area contributed by atoms with Crippen LogP contribution in [0.1, 0.15) is 24.2 Å². The second kappa shape index (κ2) is 6.67. The first-order chi connectivity index (χ1) is 11.2. The van der Waals surface area contributed by atoms with Gasteiger partial charge in [0.2, 0.25) is 0 Å². The average molecular weight is 309 g/mol. The number of ether oxygens (including phenoxy) is 1. The lowest BCUT2D eigenvalue weighted by atomic mass is 10.1. The first-order valence-corrected chi connectivity index (χ1v) is 7.67. The number of aliphatic hydroxyl groups is 1. The Labute approximate surface area is 134 Å². The van der Waals surface area contributed by atoms with Crippen molar-refractivity contribution in [3.8, 4) is 0 Å². The van der Waals surface area contributed by atoms with Crippen molar-refractivity contribution in [2.45, 2.75) is 19.6 Å². The van der Waals surface area contributed by atoms with Crippen LogP contribution in [-0.2, 0) is 16.1 Å². The normalized spacial score (nSPS) is 12.3. The van der Waals surface area contributed by atoms with Crippen molar-refractivity contribution in [1.82, 2.24) is 4.57 Å². The Hall–Kier alpha value is -2.59. The minimum Gasteiger partial charge on any atom is -0.464 e. The summed E-state index contributed by atoms with van der Waals surface area (Å²) in [6, 6.07) is 17.8. The van der Waals surface area contributed by atoms with Crippen molar-refractivity contribution in [1.29, 1.82) is 0 Å². The minimum absolute atomic E-state index is 0.249. The van der Waals surface area contributed by atoms with Gasteiger partial charge < -0.3 is 14.4 Å². The van der Waals surface area contributed by atoms with Gasteiger partial charge in [-0.25, -0.2) is 4.79 Å². The monoisotopic (exact) mass is 309 g/mol. The summed E-state index contributed by atoms with van der Waals surface area (Å²) in [5.74, 6) is -0.616. The van der Waals surface area contributed by atoms with Crippen LogP contribution in [0.3, 0.4) is 0 Å². The first kappa shape index (κ1) is 15.3. The lowest BCUT2D eigenvalue weighted by molar-refractivity contribution is -0.153. The van der Waals surface area contributed by atoms with E-state index in [1.165, 1.54) is 0 Å². The van der Waals surface area contributed by atoms with Gasteiger partial charge in [0, 0.05) is 29.2 Å². The fraction of sp³-hybridized carbons (Fsp3) is 0.211. The molecule has 23 heavy (non-hydrogen) atoms. The van der Waals surface area contributed by atoms with Crippen LogP contribution in [-0.4, -0.2) is 22.2 Å². The third-order valence-corrected chi connectivity index (χ3v) is 3.82. The maximum atomic E-state index is 11.9. The highest BCUT2D eigenvalue weighted by atomic mass is 16.5. The lowest BCUT2D eigenvalue weighted by Crippen LogP contribution is -2.15. The summed E-state index contributed by atoms with van der Waals surface area (Å²) >= 11 is 0. The van der Waals surface area contributed by atoms with E-state index >= 15 is 0 Å². The van der Waals surface area contributed by atoms with E-state index in [9.17, 15) is 9.90 Å². The molecule has 4 nitrogen and oxygen atoms in total. The molecule has 0 spiro atoms. The number of aliphatic hydroxyl groups excluding tert-OH is 1. The van der Waals surface area contributed by atoms with Gasteiger partial charge in [-0.1, -0.05) is 48.5 Å². The van der Waals surface area contributed by atoms with E-state index < -0.39 is 12.1 Å². The summed E-state index contributed by atoms with van der Waals surface area (Å²) in [4.78, 5) is 11.9. The van der Waals surface area contributed by atoms with Crippen LogP contribution in [0.4, 0.5) is 0 Å². The first-order valence-electron chi connectivity index (χ1n) is 7.67. The van der Waals surface area contributed by atoms with E-state index in [0.29, 0.717) is 12.1 Å². The number of carbonyl (C=O) groups excluding carboxylic acids is 1. The molecule has 0 aliphatic rings. The molecule has 1 unspecified atom stereocenters. The number of benzene rings is 2. The van der Waals surface area contributed by atoms with Crippen molar-refractivity contribution in [2.75, 3.05) is 6.61 Å². The smallest absolute Gasteiger partial charge is 0.339 e. The highest BCUT2D eigenvalue weighted by molar-refractivity contribution is 5.89. The molecule has 0 saturated carbocycles. The Morgan fingerprint density at radius 3 is 2.57 bits per heavy atom. The maximum Gasteiger partial charge on any atom is 0.339 e. The van der Waals surface area contributed by atoms with Crippen LogP contribution in [0, 0.1) is 0 Å². The van der Waals surface area contributed by atoms with Gasteiger partial charge in [0.1, 0.15) is 0 Å². The molecule has 0 bridgehead atoms. The van der Waals surface area contributed by atoms with Crippen molar-refractivity contribution >= 4 is 16.9 Å². The van der Waals surface area contributed by atoms with Crippen LogP contribution >= 0.6 is 0 Å². The van der Waals surface area contributed by atoms with Gasteiger partial charge in [0.05, 0.1) is 6.61 Å². The van der Waals surface area contributed by atoms with E-state index in [1.807, 2.05) is 53.2 Å². The Morgan fingerprint density at radius 2 is 1.83 bits per heavy atom. The summed E-state index contributed by atoms with van der Waals surface area (Å²) in [7, 11) is 0. The summed E-state index contributed by atoms with van der Waals surface area (Å²) < 4.78 is 6.98. The fourth-order valence-electron chi connectivity index (χ4n) is 2.75. The van der Waals surface area contributed by atoms with E-state index in [-0.39, 0.29) is 6.61 Å². The van der Waals surface area contributed by atoms with Crippen LogP contribution in [0.2, 0.25) is 0 Å². The molecule has 1 atom stereocenters. The standard InChI is InChI=1S/C19H19NO3/c1-2-23-19(22)18(21)16-13-20(12-14-8-4-3-5-9-14)17-11-7-6-10-15(16)17/h3-11,13,18,21H,2,12H2,1H3. The SMILES string of the molecule is CCOC(=O)C(O)c1cn(Cc2ccccc2)c2ccccc12. The zero-order chi connectivity index (χ0) is 16.2. The number of hydrogen-bond donors (Lipinski definition) is 1. The lowest BCUT2D eigenvalue weighted by Gasteiger charge is -2.08. The van der Waals surface area contributed by atoms with Crippen molar-refractivity contribution in [3.05, 3.63) is 71.9 Å². The molecular weight excluding hydrogens is 290 g/mol. The van der Waals surface area contributed by atoms with Gasteiger partial charge in [0.25, 0.3) is 0 Å². The summed E-state index contributed by atoms with van der Waals surface area (Å²) in [5, 5.41) is 11.2. The van der Waals surface area contributed by atoms with E-state index in [4.69, 9.17) is 4.74 Å². The number of carbonyl (C=O) groups is 1. The molecule has 3 aromatic rings. The molecule has 0 aliphatic heterocycles. The number of para-hydroxylation sites is 1. The van der Waals surface area contributed by atoms with Gasteiger partial charge in [-0.2, -0.15) is 0 Å². The van der Waals surface area contributed by atoms with Crippen molar-refractivity contribution in [2.24, 2.45) is 0 Å². The van der Waals surface area contributed by atoms with Gasteiger partial charge in [-0.05, 0) is 18.6 Å². The van der Waals surface area contributed by atoms with Gasteiger partial charge in [0.15, 0.2) is 6.10 Å². The second-order valence-corrected chi connectivity index (χ2v) is 5.37. The van der Waals surface area contributed by atoms with Gasteiger partial charge in [-0.3, -0.25) is 0 Å². The average Bonchev–Trinajstić information content (AvgIpc) is 2.94. The molecule has 0 amide bonds. The number of rotatable bonds is 5. The van der Waals surface area contributed by atoms with E-state index in [2.05, 4.69) is 12.1 Å². The van der Waals surface area contributed by atoms with E-state index in [0.717, 1.165) is 16.5 Å². The Bertz CT molecular complexity index is 808. The molecule has 0 aliphatic carbocycles. The molecule has 4 heteroatoms. The molecule has 1 heterocycles. The molecule has 0 fully saturated rings. The van der Waals surface area contributed by atoms with E-state index in [1.54, 1.807) is 6.92 Å². The number of aromatic nitrogens is 1. The predicted octanol–water partition coefficient (Wildman–Crippen LogP) is 3.29. The third-order valence-electron chi connectivity index (χ3n) is 3.82. The highest BCUT2D eigenvalue weighted by Gasteiger charge is 2.23. The van der Waals surface area contributed by atoms with Crippen LogP contribution < -0.4 is 0 Å². The number of hydrogen-bond acceptors (Lipinski definition) is 3. The summed E-state index contributed by atoms with van der Waals surface area (Å²) in [6.45, 7) is 2.65.